The molecule has 1 atom stereocenters. The SMILES string of the molecule is CC(C)C1C2=CCCC=C2Sc2ccccc21. The van der Waals surface area contributed by atoms with Gasteiger partial charge in [-0.3, -0.25) is 0 Å². The summed E-state index contributed by atoms with van der Waals surface area (Å²) in [6.45, 7) is 4.68. The lowest BCUT2D eigenvalue weighted by molar-refractivity contribution is 0.549. The highest BCUT2D eigenvalue weighted by molar-refractivity contribution is 8.03. The van der Waals surface area contributed by atoms with E-state index in [0.717, 1.165) is 0 Å². The van der Waals surface area contributed by atoms with E-state index in [1.54, 1.807) is 5.57 Å². The van der Waals surface area contributed by atoms with Gasteiger partial charge in [-0.1, -0.05) is 56.0 Å². The first-order valence-electron chi connectivity index (χ1n) is 6.44. The van der Waals surface area contributed by atoms with Gasteiger partial charge in [0, 0.05) is 15.7 Å². The van der Waals surface area contributed by atoms with Crippen molar-refractivity contribution >= 4 is 11.8 Å². The Morgan fingerprint density at radius 1 is 1.12 bits per heavy atom. The van der Waals surface area contributed by atoms with Crippen molar-refractivity contribution in [2.45, 2.75) is 37.5 Å². The minimum absolute atomic E-state index is 0.596. The maximum absolute atomic E-state index is 2.46. The molecule has 1 heteroatoms. The van der Waals surface area contributed by atoms with Crippen LogP contribution in [0.15, 0.2) is 51.8 Å². The van der Waals surface area contributed by atoms with Gasteiger partial charge < -0.3 is 0 Å². The van der Waals surface area contributed by atoms with Crippen molar-refractivity contribution < 1.29 is 0 Å². The minimum Gasteiger partial charge on any atom is -0.0898 e. The molecule has 17 heavy (non-hydrogen) atoms. The van der Waals surface area contributed by atoms with Crippen LogP contribution in [0.25, 0.3) is 0 Å². The number of thioether (sulfide) groups is 1. The molecule has 1 unspecified atom stereocenters. The molecule has 0 saturated carbocycles. The van der Waals surface area contributed by atoms with Gasteiger partial charge >= 0.3 is 0 Å². The molecule has 1 aromatic rings. The number of hydrogen-bond acceptors (Lipinski definition) is 1. The van der Waals surface area contributed by atoms with E-state index in [0.29, 0.717) is 11.8 Å². The van der Waals surface area contributed by atoms with Gasteiger partial charge in [0.25, 0.3) is 0 Å². The van der Waals surface area contributed by atoms with E-state index in [-0.39, 0.29) is 0 Å². The first kappa shape index (κ1) is 11.2. The Morgan fingerprint density at radius 2 is 1.88 bits per heavy atom. The maximum atomic E-state index is 2.46. The van der Waals surface area contributed by atoms with Crippen LogP contribution >= 0.6 is 11.8 Å². The standard InChI is InChI=1S/C16H18S/c1-11(2)16-12-7-3-5-9-14(12)17-15-10-6-4-8-13(15)16/h3,5,7-11,16H,4,6H2,1-2H3. The van der Waals surface area contributed by atoms with E-state index in [2.05, 4.69) is 50.3 Å². The van der Waals surface area contributed by atoms with Crippen molar-refractivity contribution in [2.24, 2.45) is 5.92 Å². The fraction of sp³-hybridized carbons (Fsp3) is 0.375. The third-order valence-electron chi connectivity index (χ3n) is 3.62. The quantitative estimate of drug-likeness (QED) is 0.657. The number of hydrogen-bond donors (Lipinski definition) is 0. The molecule has 1 aliphatic carbocycles. The maximum Gasteiger partial charge on any atom is 0.0160 e. The van der Waals surface area contributed by atoms with Crippen LogP contribution in [0.4, 0.5) is 0 Å². The molecule has 3 rings (SSSR count). The lowest BCUT2D eigenvalue weighted by Crippen LogP contribution is -2.16. The van der Waals surface area contributed by atoms with Crippen LogP contribution in [0.2, 0.25) is 0 Å². The first-order valence-corrected chi connectivity index (χ1v) is 7.26. The summed E-state index contributed by atoms with van der Waals surface area (Å²) in [5.41, 5.74) is 3.10. The molecule has 0 nitrogen and oxygen atoms in total. The molecule has 0 bridgehead atoms. The van der Waals surface area contributed by atoms with Crippen molar-refractivity contribution in [1.82, 2.24) is 0 Å². The highest BCUT2D eigenvalue weighted by Crippen LogP contribution is 2.51. The molecule has 0 saturated heterocycles. The third-order valence-corrected chi connectivity index (χ3v) is 4.83. The lowest BCUT2D eigenvalue weighted by Gasteiger charge is -2.34. The molecule has 1 heterocycles. The second kappa shape index (κ2) is 4.38. The largest absolute Gasteiger partial charge is 0.0898 e. The zero-order valence-corrected chi connectivity index (χ0v) is 11.3. The molecular formula is C16H18S. The summed E-state index contributed by atoms with van der Waals surface area (Å²) in [6.07, 6.45) is 7.30. The number of fused-ring (bicyclic) bond motifs is 2. The van der Waals surface area contributed by atoms with Gasteiger partial charge in [-0.2, -0.15) is 0 Å². The van der Waals surface area contributed by atoms with Crippen LogP contribution < -0.4 is 0 Å². The van der Waals surface area contributed by atoms with Crippen molar-refractivity contribution in [1.29, 1.82) is 0 Å². The molecule has 0 fully saturated rings. The number of allylic oxidation sites excluding steroid dienone is 3. The molecule has 0 radical (unpaired) electrons. The topological polar surface area (TPSA) is 0 Å². The molecule has 0 N–H and O–H groups in total. The molecule has 1 aliphatic heterocycles. The van der Waals surface area contributed by atoms with Crippen LogP contribution in [-0.4, -0.2) is 0 Å². The Balaban J connectivity index is 2.16. The van der Waals surface area contributed by atoms with E-state index < -0.39 is 0 Å². The van der Waals surface area contributed by atoms with Crippen LogP contribution in [0.3, 0.4) is 0 Å². The van der Waals surface area contributed by atoms with Crippen LogP contribution in [-0.2, 0) is 0 Å². The van der Waals surface area contributed by atoms with Gasteiger partial charge in [0.1, 0.15) is 0 Å². The lowest BCUT2D eigenvalue weighted by atomic mass is 9.80. The van der Waals surface area contributed by atoms with Crippen LogP contribution in [0.5, 0.6) is 0 Å². The summed E-state index contributed by atoms with van der Waals surface area (Å²) < 4.78 is 0. The Bertz CT molecular complexity index is 494. The van der Waals surface area contributed by atoms with E-state index >= 15 is 0 Å². The normalized spacial score (nSPS) is 22.6. The average Bonchev–Trinajstić information content (AvgIpc) is 2.35. The highest BCUT2D eigenvalue weighted by atomic mass is 32.2. The molecule has 0 aromatic heterocycles. The summed E-state index contributed by atoms with van der Waals surface area (Å²) >= 11 is 1.95. The first-order chi connectivity index (χ1) is 8.27. The minimum atomic E-state index is 0.596. The summed E-state index contributed by atoms with van der Waals surface area (Å²) in [4.78, 5) is 2.96. The van der Waals surface area contributed by atoms with Gasteiger partial charge in [0.05, 0.1) is 0 Å². The molecular weight excluding hydrogens is 224 g/mol. The van der Waals surface area contributed by atoms with E-state index in [4.69, 9.17) is 0 Å². The smallest absolute Gasteiger partial charge is 0.0160 e. The zero-order chi connectivity index (χ0) is 11.8. The Kier molecular flexibility index (Phi) is 2.87. The number of benzene rings is 1. The molecule has 1 aromatic carbocycles. The third kappa shape index (κ3) is 1.87. The Morgan fingerprint density at radius 3 is 2.71 bits per heavy atom. The summed E-state index contributed by atoms with van der Waals surface area (Å²) in [5.74, 6) is 1.27. The molecule has 2 aliphatic rings. The summed E-state index contributed by atoms with van der Waals surface area (Å²) in [6, 6.07) is 8.90. The highest BCUT2D eigenvalue weighted by Gasteiger charge is 2.30. The second-order valence-electron chi connectivity index (χ2n) is 5.17. The fourth-order valence-corrected chi connectivity index (χ4v) is 4.11. The van der Waals surface area contributed by atoms with Crippen LogP contribution in [0, 0.1) is 5.92 Å². The second-order valence-corrected chi connectivity index (χ2v) is 6.25. The fourth-order valence-electron chi connectivity index (χ4n) is 2.89. The van der Waals surface area contributed by atoms with E-state index in [9.17, 15) is 0 Å². The van der Waals surface area contributed by atoms with E-state index in [1.165, 1.54) is 28.2 Å². The van der Waals surface area contributed by atoms with Gasteiger partial charge in [-0.15, -0.1) is 0 Å². The molecule has 0 spiro atoms. The van der Waals surface area contributed by atoms with Crippen molar-refractivity contribution in [3.8, 4) is 0 Å². The van der Waals surface area contributed by atoms with Crippen molar-refractivity contribution in [3.63, 3.8) is 0 Å². The summed E-state index contributed by atoms with van der Waals surface area (Å²) in [5, 5.41) is 0. The Labute approximate surface area is 108 Å². The van der Waals surface area contributed by atoms with Crippen LogP contribution in [0.1, 0.15) is 38.2 Å². The monoisotopic (exact) mass is 242 g/mol. The Hall–Kier alpha value is -0.950. The van der Waals surface area contributed by atoms with Gasteiger partial charge in [0.15, 0.2) is 0 Å². The van der Waals surface area contributed by atoms with E-state index in [1.807, 2.05) is 11.8 Å². The van der Waals surface area contributed by atoms with Gasteiger partial charge in [-0.05, 0) is 36.0 Å². The average molecular weight is 242 g/mol. The predicted molar refractivity (Wildman–Crippen MR) is 75.3 cm³/mol. The zero-order valence-electron chi connectivity index (χ0n) is 10.4. The molecule has 0 amide bonds. The van der Waals surface area contributed by atoms with Crippen molar-refractivity contribution in [2.75, 3.05) is 0 Å². The van der Waals surface area contributed by atoms with Gasteiger partial charge in [0.2, 0.25) is 0 Å². The van der Waals surface area contributed by atoms with Gasteiger partial charge in [-0.25, -0.2) is 0 Å². The number of rotatable bonds is 1. The van der Waals surface area contributed by atoms with Crippen molar-refractivity contribution in [3.05, 3.63) is 52.5 Å². The molecule has 88 valence electrons. The predicted octanol–water partition coefficient (Wildman–Crippen LogP) is 5.14. The summed E-state index contributed by atoms with van der Waals surface area (Å²) in [7, 11) is 0.